The number of carbonyl (C=O) groups excluding carboxylic acids is 2. The van der Waals surface area contributed by atoms with Crippen LogP contribution in [0.4, 0.5) is 5.69 Å². The minimum atomic E-state index is -0.530. The molecule has 0 heterocycles. The highest BCUT2D eigenvalue weighted by Gasteiger charge is 2.08. The normalized spacial score (nSPS) is 10.7. The van der Waals surface area contributed by atoms with Crippen molar-refractivity contribution in [2.45, 2.75) is 6.42 Å². The van der Waals surface area contributed by atoms with E-state index in [0.29, 0.717) is 24.2 Å². The van der Waals surface area contributed by atoms with E-state index in [1.165, 1.54) is 6.20 Å². The van der Waals surface area contributed by atoms with Gasteiger partial charge in [-0.1, -0.05) is 12.1 Å². The number of hydrogen-bond acceptors (Lipinski definition) is 5. The van der Waals surface area contributed by atoms with E-state index in [2.05, 4.69) is 10.6 Å². The van der Waals surface area contributed by atoms with Crippen LogP contribution in [0.25, 0.3) is 0 Å². The lowest BCUT2D eigenvalue weighted by molar-refractivity contribution is -0.117. The second-order valence-electron chi connectivity index (χ2n) is 5.43. The van der Waals surface area contributed by atoms with Crippen LogP contribution >= 0.6 is 0 Å². The number of carbonyl (C=O) groups is 2. The van der Waals surface area contributed by atoms with Crippen LogP contribution in [0.15, 0.2) is 60.3 Å². The Morgan fingerprint density at radius 1 is 1.12 bits per heavy atom. The Kier molecular flexibility index (Phi) is 6.34. The van der Waals surface area contributed by atoms with Crippen LogP contribution in [-0.2, 0) is 11.2 Å². The molecule has 0 radical (unpaired) electrons. The van der Waals surface area contributed by atoms with Gasteiger partial charge in [-0.15, -0.1) is 0 Å². The summed E-state index contributed by atoms with van der Waals surface area (Å²) in [7, 11) is 0. The third-order valence-electron chi connectivity index (χ3n) is 3.55. The lowest BCUT2D eigenvalue weighted by Gasteiger charge is -2.06. The summed E-state index contributed by atoms with van der Waals surface area (Å²) in [6, 6.07) is 14.8. The maximum absolute atomic E-state index is 12.0. The number of nitriles is 1. The van der Waals surface area contributed by atoms with Gasteiger partial charge in [0.05, 0.1) is 0 Å². The van der Waals surface area contributed by atoms with Crippen LogP contribution in [0.5, 0.6) is 5.75 Å². The fourth-order valence-electron chi connectivity index (χ4n) is 2.11. The fourth-order valence-corrected chi connectivity index (χ4v) is 2.11. The molecule has 2 aromatic carbocycles. The molecule has 0 unspecified atom stereocenters. The van der Waals surface area contributed by atoms with Crippen molar-refractivity contribution in [3.63, 3.8) is 0 Å². The van der Waals surface area contributed by atoms with Crippen molar-refractivity contribution in [3.8, 4) is 11.8 Å². The van der Waals surface area contributed by atoms with E-state index < -0.39 is 11.8 Å². The number of phenolic OH excluding ortho intramolecular Hbond substituents is 1. The molecule has 132 valence electrons. The number of nitrogens with two attached hydrogens (primary N) is 1. The quantitative estimate of drug-likeness (QED) is 0.446. The van der Waals surface area contributed by atoms with Crippen molar-refractivity contribution >= 4 is 17.5 Å². The van der Waals surface area contributed by atoms with Crippen molar-refractivity contribution in [3.05, 3.63) is 71.4 Å². The molecule has 26 heavy (non-hydrogen) atoms. The third kappa shape index (κ3) is 5.39. The highest BCUT2D eigenvalue weighted by molar-refractivity contribution is 5.97. The minimum absolute atomic E-state index is 0.0744. The average molecular weight is 350 g/mol. The summed E-state index contributed by atoms with van der Waals surface area (Å²) in [5.74, 6) is -0.840. The molecule has 7 heteroatoms. The van der Waals surface area contributed by atoms with Crippen molar-refractivity contribution in [1.29, 1.82) is 5.26 Å². The van der Waals surface area contributed by atoms with Crippen molar-refractivity contribution < 1.29 is 14.7 Å². The van der Waals surface area contributed by atoms with Gasteiger partial charge in [-0.05, 0) is 48.4 Å². The van der Waals surface area contributed by atoms with Crippen LogP contribution < -0.4 is 16.4 Å². The van der Waals surface area contributed by atoms with E-state index >= 15 is 0 Å². The van der Waals surface area contributed by atoms with Gasteiger partial charge in [-0.3, -0.25) is 9.59 Å². The molecule has 0 fully saturated rings. The number of benzene rings is 2. The highest BCUT2D eigenvalue weighted by atomic mass is 16.3. The zero-order valence-electron chi connectivity index (χ0n) is 13.9. The van der Waals surface area contributed by atoms with Gasteiger partial charge in [0.2, 0.25) is 5.91 Å². The Hall–Kier alpha value is -3.79. The summed E-state index contributed by atoms with van der Waals surface area (Å²) in [6.45, 7) is 0.357. The monoisotopic (exact) mass is 350 g/mol. The number of rotatable bonds is 7. The molecule has 0 saturated heterocycles. The van der Waals surface area contributed by atoms with E-state index in [1.54, 1.807) is 48.5 Å². The first-order chi connectivity index (χ1) is 12.5. The largest absolute Gasteiger partial charge is 0.508 e. The molecular weight excluding hydrogens is 332 g/mol. The van der Waals surface area contributed by atoms with Gasteiger partial charge in [0.1, 0.15) is 17.4 Å². The predicted molar refractivity (Wildman–Crippen MR) is 97.1 cm³/mol. The number of nitrogens with zero attached hydrogens (tertiary/aromatic N) is 1. The van der Waals surface area contributed by atoms with Crippen molar-refractivity contribution in [2.24, 2.45) is 5.73 Å². The minimum Gasteiger partial charge on any atom is -0.508 e. The molecule has 0 aliphatic rings. The number of nitrogens with one attached hydrogen (secondary N) is 2. The van der Waals surface area contributed by atoms with Gasteiger partial charge in [0.15, 0.2) is 0 Å². The van der Waals surface area contributed by atoms with Gasteiger partial charge < -0.3 is 21.5 Å². The summed E-state index contributed by atoms with van der Waals surface area (Å²) in [5.41, 5.74) is 7.02. The molecule has 0 aromatic heterocycles. The Labute approximate surface area is 150 Å². The molecule has 0 aliphatic heterocycles. The molecule has 2 aromatic rings. The second-order valence-corrected chi connectivity index (χ2v) is 5.43. The van der Waals surface area contributed by atoms with Gasteiger partial charge in [-0.25, -0.2) is 0 Å². The zero-order chi connectivity index (χ0) is 18.9. The molecule has 2 rings (SSSR count). The number of phenols is 1. The van der Waals surface area contributed by atoms with E-state index in [-0.39, 0.29) is 11.3 Å². The van der Waals surface area contributed by atoms with E-state index in [4.69, 9.17) is 11.0 Å². The van der Waals surface area contributed by atoms with E-state index in [1.807, 2.05) is 6.07 Å². The molecule has 0 saturated carbocycles. The van der Waals surface area contributed by atoms with Gasteiger partial charge in [-0.2, -0.15) is 5.26 Å². The molecule has 5 N–H and O–H groups in total. The standard InChI is InChI=1S/C19H18N4O3/c20-11-15(12-23-16-5-3-14(4-6-16)18(21)25)19(26)22-10-9-13-1-7-17(24)8-2-13/h1-8,12,23-24H,9-10H2,(H2,21,25)(H,22,26)/b15-12-. The lowest BCUT2D eigenvalue weighted by Crippen LogP contribution is -2.27. The first-order valence-corrected chi connectivity index (χ1v) is 7.82. The summed E-state index contributed by atoms with van der Waals surface area (Å²) in [4.78, 5) is 23.1. The molecule has 0 atom stereocenters. The highest BCUT2D eigenvalue weighted by Crippen LogP contribution is 2.11. The summed E-state index contributed by atoms with van der Waals surface area (Å²) < 4.78 is 0. The summed E-state index contributed by atoms with van der Waals surface area (Å²) >= 11 is 0. The van der Waals surface area contributed by atoms with Gasteiger partial charge >= 0.3 is 0 Å². The Morgan fingerprint density at radius 2 is 1.77 bits per heavy atom. The maximum atomic E-state index is 12.0. The summed E-state index contributed by atoms with van der Waals surface area (Å²) in [6.07, 6.45) is 1.88. The number of amides is 2. The van der Waals surface area contributed by atoms with Crippen molar-refractivity contribution in [1.82, 2.24) is 5.32 Å². The molecule has 0 bridgehead atoms. The van der Waals surface area contributed by atoms with Crippen LogP contribution in [0.1, 0.15) is 15.9 Å². The average Bonchev–Trinajstić information content (AvgIpc) is 2.64. The van der Waals surface area contributed by atoms with E-state index in [9.17, 15) is 14.7 Å². The number of primary amides is 1. The summed E-state index contributed by atoms with van der Waals surface area (Å²) in [5, 5.41) is 23.9. The SMILES string of the molecule is N#C/C(=C/Nc1ccc(C(N)=O)cc1)C(=O)NCCc1ccc(O)cc1. The van der Waals surface area contributed by atoms with Crippen LogP contribution in [0.2, 0.25) is 0 Å². The van der Waals surface area contributed by atoms with Crippen LogP contribution in [0.3, 0.4) is 0 Å². The topological polar surface area (TPSA) is 128 Å². The Balaban J connectivity index is 1.88. The molecule has 0 aliphatic carbocycles. The lowest BCUT2D eigenvalue weighted by atomic mass is 10.1. The number of anilines is 1. The predicted octanol–water partition coefficient (Wildman–Crippen LogP) is 1.67. The van der Waals surface area contributed by atoms with Gasteiger partial charge in [0.25, 0.3) is 5.91 Å². The smallest absolute Gasteiger partial charge is 0.263 e. The van der Waals surface area contributed by atoms with Crippen LogP contribution in [-0.4, -0.2) is 23.5 Å². The van der Waals surface area contributed by atoms with Gasteiger partial charge in [0, 0.05) is 24.0 Å². The first-order valence-electron chi connectivity index (χ1n) is 7.82. The van der Waals surface area contributed by atoms with E-state index in [0.717, 1.165) is 5.56 Å². The molecular formula is C19H18N4O3. The first kappa shape index (κ1) is 18.5. The Bertz CT molecular complexity index is 850. The molecule has 7 nitrogen and oxygen atoms in total. The maximum Gasteiger partial charge on any atom is 0.263 e. The second kappa shape index (κ2) is 8.89. The Morgan fingerprint density at radius 3 is 2.35 bits per heavy atom. The number of hydrogen-bond donors (Lipinski definition) is 4. The fraction of sp³-hybridized carbons (Fsp3) is 0.105. The number of aromatic hydroxyl groups is 1. The third-order valence-corrected chi connectivity index (χ3v) is 3.55. The van der Waals surface area contributed by atoms with Crippen molar-refractivity contribution in [2.75, 3.05) is 11.9 Å². The zero-order valence-corrected chi connectivity index (χ0v) is 13.9. The molecule has 2 amide bonds. The molecule has 0 spiro atoms. The van der Waals surface area contributed by atoms with Crippen LogP contribution in [0, 0.1) is 11.3 Å².